The second kappa shape index (κ2) is 10.3. The standard InChI is InChI=1S/C20H37N5O2/c1-23(2)19(26)15-22-20(21-14-17-6-4-3-5-7-17)25-9-8-18(16-25)24-10-12-27-13-11-24/h17-18H,3-16H2,1-2H3,(H,21,22). The third kappa shape index (κ3) is 6.07. The van der Waals surface area contributed by atoms with Gasteiger partial charge in [0.25, 0.3) is 0 Å². The van der Waals surface area contributed by atoms with Crippen molar-refractivity contribution in [2.24, 2.45) is 10.9 Å². The van der Waals surface area contributed by atoms with Gasteiger partial charge >= 0.3 is 0 Å². The van der Waals surface area contributed by atoms with Crippen LogP contribution in [0, 0.1) is 5.92 Å². The zero-order valence-corrected chi connectivity index (χ0v) is 17.2. The Balaban J connectivity index is 1.58. The molecule has 1 N–H and O–H groups in total. The van der Waals surface area contributed by atoms with E-state index in [0.717, 1.165) is 64.2 Å². The molecule has 2 aliphatic heterocycles. The van der Waals surface area contributed by atoms with Crippen molar-refractivity contribution in [3.8, 4) is 0 Å². The molecule has 0 aromatic carbocycles. The summed E-state index contributed by atoms with van der Waals surface area (Å²) in [7, 11) is 3.58. The van der Waals surface area contributed by atoms with Gasteiger partial charge in [0, 0.05) is 52.9 Å². The van der Waals surface area contributed by atoms with Crippen LogP contribution in [0.15, 0.2) is 4.99 Å². The fraction of sp³-hybridized carbons (Fsp3) is 0.900. The lowest BCUT2D eigenvalue weighted by atomic mass is 9.89. The van der Waals surface area contributed by atoms with Crippen molar-refractivity contribution in [1.82, 2.24) is 20.0 Å². The average Bonchev–Trinajstić information content (AvgIpc) is 3.19. The summed E-state index contributed by atoms with van der Waals surface area (Å²) in [5.41, 5.74) is 0. The van der Waals surface area contributed by atoms with Crippen LogP contribution in [-0.4, -0.2) is 99.2 Å². The number of aliphatic imine (C=N–C) groups is 1. The number of hydrogen-bond donors (Lipinski definition) is 1. The van der Waals surface area contributed by atoms with Crippen molar-refractivity contribution in [2.75, 3.05) is 66.6 Å². The molecule has 0 spiro atoms. The molecule has 1 atom stereocenters. The van der Waals surface area contributed by atoms with E-state index in [-0.39, 0.29) is 12.5 Å². The van der Waals surface area contributed by atoms with Crippen LogP contribution in [0.4, 0.5) is 0 Å². The summed E-state index contributed by atoms with van der Waals surface area (Å²) in [6.07, 6.45) is 7.86. The first-order chi connectivity index (χ1) is 13.1. The van der Waals surface area contributed by atoms with Gasteiger partial charge in [-0.15, -0.1) is 0 Å². The highest BCUT2D eigenvalue weighted by molar-refractivity contribution is 5.85. The van der Waals surface area contributed by atoms with Gasteiger partial charge in [0.05, 0.1) is 13.2 Å². The number of nitrogens with one attached hydrogen (secondary N) is 1. The lowest BCUT2D eigenvalue weighted by Gasteiger charge is -2.32. The number of likely N-dealkylation sites (tertiary alicyclic amines) is 1. The molecular formula is C20H37N5O2. The molecular weight excluding hydrogens is 342 g/mol. The predicted molar refractivity (Wildman–Crippen MR) is 108 cm³/mol. The fourth-order valence-electron chi connectivity index (χ4n) is 4.35. The Kier molecular flexibility index (Phi) is 7.76. The number of carbonyl (C=O) groups excluding carboxylic acids is 1. The highest BCUT2D eigenvalue weighted by Crippen LogP contribution is 2.23. The number of rotatable bonds is 5. The van der Waals surface area contributed by atoms with Gasteiger partial charge in [-0.1, -0.05) is 19.3 Å². The molecule has 1 aliphatic carbocycles. The predicted octanol–water partition coefficient (Wildman–Crippen LogP) is 1.01. The molecule has 7 heteroatoms. The third-order valence-corrected chi connectivity index (χ3v) is 6.16. The number of guanidine groups is 1. The molecule has 2 heterocycles. The number of morpholine rings is 1. The third-order valence-electron chi connectivity index (χ3n) is 6.16. The molecule has 7 nitrogen and oxygen atoms in total. The van der Waals surface area contributed by atoms with E-state index in [2.05, 4.69) is 20.1 Å². The van der Waals surface area contributed by atoms with E-state index in [1.165, 1.54) is 32.1 Å². The van der Waals surface area contributed by atoms with E-state index < -0.39 is 0 Å². The van der Waals surface area contributed by atoms with Crippen LogP contribution in [0.2, 0.25) is 0 Å². The number of carbonyl (C=O) groups is 1. The number of nitrogens with zero attached hydrogens (tertiary/aromatic N) is 4. The molecule has 0 radical (unpaired) electrons. The Bertz CT molecular complexity index is 499. The summed E-state index contributed by atoms with van der Waals surface area (Å²) in [5, 5.41) is 3.61. The smallest absolute Gasteiger partial charge is 0.243 e. The first kappa shape index (κ1) is 20.4. The van der Waals surface area contributed by atoms with E-state index in [1.807, 2.05) is 0 Å². The highest BCUT2D eigenvalue weighted by Gasteiger charge is 2.30. The summed E-state index contributed by atoms with van der Waals surface area (Å²) in [6, 6.07) is 0.570. The van der Waals surface area contributed by atoms with Crippen LogP contribution in [0.5, 0.6) is 0 Å². The lowest BCUT2D eigenvalue weighted by Crippen LogP contribution is -2.47. The SMILES string of the molecule is CN(C)C(=O)CN=C(NCC1CCCCC1)N1CCC(N2CCOCC2)C1. The van der Waals surface area contributed by atoms with E-state index in [9.17, 15) is 4.79 Å². The van der Waals surface area contributed by atoms with Crippen LogP contribution in [-0.2, 0) is 9.53 Å². The second-order valence-electron chi connectivity index (χ2n) is 8.35. The molecule has 0 bridgehead atoms. The number of amides is 1. The van der Waals surface area contributed by atoms with E-state index in [0.29, 0.717) is 6.04 Å². The van der Waals surface area contributed by atoms with Gasteiger partial charge in [-0.3, -0.25) is 9.69 Å². The van der Waals surface area contributed by atoms with Crippen LogP contribution in [0.25, 0.3) is 0 Å². The molecule has 3 fully saturated rings. The maximum absolute atomic E-state index is 12.0. The Morgan fingerprint density at radius 1 is 1.11 bits per heavy atom. The molecule has 3 aliphatic rings. The Morgan fingerprint density at radius 3 is 2.56 bits per heavy atom. The van der Waals surface area contributed by atoms with Crippen molar-refractivity contribution < 1.29 is 9.53 Å². The second-order valence-corrected chi connectivity index (χ2v) is 8.35. The van der Waals surface area contributed by atoms with Crippen molar-refractivity contribution >= 4 is 11.9 Å². The minimum atomic E-state index is 0.0518. The van der Waals surface area contributed by atoms with Crippen LogP contribution >= 0.6 is 0 Å². The van der Waals surface area contributed by atoms with Crippen molar-refractivity contribution in [3.05, 3.63) is 0 Å². The molecule has 1 saturated carbocycles. The van der Waals surface area contributed by atoms with Crippen LogP contribution in [0.1, 0.15) is 38.5 Å². The Hall–Kier alpha value is -1.34. The van der Waals surface area contributed by atoms with Crippen LogP contribution in [0.3, 0.4) is 0 Å². The summed E-state index contributed by atoms with van der Waals surface area (Å²) in [5.74, 6) is 1.72. The first-order valence-electron chi connectivity index (χ1n) is 10.7. The summed E-state index contributed by atoms with van der Waals surface area (Å²) >= 11 is 0. The maximum atomic E-state index is 12.0. The monoisotopic (exact) mass is 379 g/mol. The molecule has 27 heavy (non-hydrogen) atoms. The van der Waals surface area contributed by atoms with Gasteiger partial charge in [0.15, 0.2) is 5.96 Å². The molecule has 1 amide bonds. The normalized spacial score (nSPS) is 25.6. The van der Waals surface area contributed by atoms with Crippen molar-refractivity contribution in [2.45, 2.75) is 44.6 Å². The van der Waals surface area contributed by atoms with Gasteiger partial charge in [-0.2, -0.15) is 0 Å². The van der Waals surface area contributed by atoms with E-state index in [1.54, 1.807) is 19.0 Å². The summed E-state index contributed by atoms with van der Waals surface area (Å²) in [6.45, 7) is 6.94. The highest BCUT2D eigenvalue weighted by atomic mass is 16.5. The summed E-state index contributed by atoms with van der Waals surface area (Å²) < 4.78 is 5.49. The molecule has 0 aromatic rings. The molecule has 2 saturated heterocycles. The van der Waals surface area contributed by atoms with Gasteiger partial charge in [-0.25, -0.2) is 4.99 Å². The van der Waals surface area contributed by atoms with Crippen LogP contribution < -0.4 is 5.32 Å². The Labute approximate surface area is 164 Å². The minimum absolute atomic E-state index is 0.0518. The lowest BCUT2D eigenvalue weighted by molar-refractivity contribution is -0.127. The van der Waals surface area contributed by atoms with Gasteiger partial charge in [0.2, 0.25) is 5.91 Å². The summed E-state index contributed by atoms with van der Waals surface area (Å²) in [4.78, 5) is 23.2. The molecule has 3 rings (SSSR count). The van der Waals surface area contributed by atoms with Crippen molar-refractivity contribution in [1.29, 1.82) is 0 Å². The maximum Gasteiger partial charge on any atom is 0.243 e. The van der Waals surface area contributed by atoms with Gasteiger partial charge in [-0.05, 0) is 25.2 Å². The number of likely N-dealkylation sites (N-methyl/N-ethyl adjacent to an activating group) is 1. The zero-order valence-electron chi connectivity index (χ0n) is 17.2. The zero-order chi connectivity index (χ0) is 19.1. The quantitative estimate of drug-likeness (QED) is 0.571. The molecule has 0 aromatic heterocycles. The van der Waals surface area contributed by atoms with E-state index >= 15 is 0 Å². The number of ether oxygens (including phenoxy) is 1. The topological polar surface area (TPSA) is 60.4 Å². The molecule has 1 unspecified atom stereocenters. The van der Waals surface area contributed by atoms with Gasteiger partial charge < -0.3 is 19.9 Å². The van der Waals surface area contributed by atoms with E-state index in [4.69, 9.17) is 4.74 Å². The largest absolute Gasteiger partial charge is 0.379 e. The molecule has 154 valence electrons. The fourth-order valence-corrected chi connectivity index (χ4v) is 4.35. The Morgan fingerprint density at radius 2 is 1.85 bits per heavy atom. The van der Waals surface area contributed by atoms with Crippen molar-refractivity contribution in [3.63, 3.8) is 0 Å². The minimum Gasteiger partial charge on any atom is -0.379 e. The van der Waals surface area contributed by atoms with Gasteiger partial charge in [0.1, 0.15) is 6.54 Å². The first-order valence-corrected chi connectivity index (χ1v) is 10.7. The average molecular weight is 380 g/mol. The number of hydrogen-bond acceptors (Lipinski definition) is 4.